The molecule has 0 radical (unpaired) electrons. The first-order valence-corrected chi connectivity index (χ1v) is 17.9. The van der Waals surface area contributed by atoms with Crippen molar-refractivity contribution in [2.75, 3.05) is 31.7 Å². The van der Waals surface area contributed by atoms with Gasteiger partial charge in [0, 0.05) is 55.7 Å². The molecule has 2 aliphatic rings. The lowest BCUT2D eigenvalue weighted by atomic mass is 9.98. The summed E-state index contributed by atoms with van der Waals surface area (Å²) in [6.07, 6.45) is 5.77. The second-order valence-electron chi connectivity index (χ2n) is 13.2. The van der Waals surface area contributed by atoms with E-state index in [9.17, 15) is 4.79 Å². The van der Waals surface area contributed by atoms with Crippen molar-refractivity contribution in [1.82, 2.24) is 24.5 Å². The van der Waals surface area contributed by atoms with Crippen molar-refractivity contribution in [1.29, 1.82) is 0 Å². The van der Waals surface area contributed by atoms with Crippen LogP contribution in [0.15, 0.2) is 54.9 Å². The Labute approximate surface area is 249 Å². The average Bonchev–Trinajstić information content (AvgIpc) is 3.42. The number of hydrogen-bond donors (Lipinski definition) is 1. The van der Waals surface area contributed by atoms with E-state index in [1.165, 1.54) is 5.56 Å². The second-order valence-corrected chi connectivity index (χ2v) is 18.0. The fourth-order valence-corrected chi connectivity index (χ4v) is 6.70. The van der Waals surface area contributed by atoms with Crippen LogP contribution in [-0.2, 0) is 23.8 Å². The van der Waals surface area contributed by atoms with Crippen LogP contribution in [0.2, 0.25) is 18.1 Å². The normalized spacial score (nSPS) is 16.0. The summed E-state index contributed by atoms with van der Waals surface area (Å²) < 4.78 is 8.33. The molecule has 0 aliphatic carbocycles. The summed E-state index contributed by atoms with van der Waals surface area (Å²) in [6.45, 7) is 17.7. The summed E-state index contributed by atoms with van der Waals surface area (Å²) in [7, 11) is -1.74. The number of aryl methyl sites for hydroxylation is 1. The lowest BCUT2D eigenvalue weighted by Crippen LogP contribution is -2.43. The molecule has 0 unspecified atom stereocenters. The van der Waals surface area contributed by atoms with E-state index in [1.807, 2.05) is 35.1 Å². The number of hydrogen-bond acceptors (Lipinski definition) is 6. The number of nitrogens with zero attached hydrogens (tertiary/aromatic N) is 5. The molecule has 3 aromatic heterocycles. The van der Waals surface area contributed by atoms with Gasteiger partial charge in [-0.05, 0) is 71.9 Å². The van der Waals surface area contributed by atoms with Crippen LogP contribution < -0.4 is 5.43 Å². The van der Waals surface area contributed by atoms with Crippen molar-refractivity contribution >= 4 is 25.6 Å². The van der Waals surface area contributed by atoms with Gasteiger partial charge in [0.2, 0.25) is 0 Å². The van der Waals surface area contributed by atoms with Gasteiger partial charge in [-0.1, -0.05) is 45.0 Å². The largest absolute Gasteiger partial charge is 0.416 e. The number of hydrazine groups is 1. The number of carbonyl (C=O) groups excluding carboxylic acids is 1. The minimum atomic E-state index is -1.74. The minimum Gasteiger partial charge on any atom is -0.416 e. The van der Waals surface area contributed by atoms with Gasteiger partial charge < -0.3 is 9.33 Å². The summed E-state index contributed by atoms with van der Waals surface area (Å²) in [6, 6.07) is 14.3. The van der Waals surface area contributed by atoms with E-state index in [0.717, 1.165) is 78.1 Å². The summed E-state index contributed by atoms with van der Waals surface area (Å²) in [5, 5.41) is 6.47. The molecule has 9 heteroatoms. The van der Waals surface area contributed by atoms with E-state index in [-0.39, 0.29) is 10.9 Å². The van der Waals surface area contributed by atoms with Crippen LogP contribution in [0.25, 0.3) is 16.6 Å². The Morgan fingerprint density at radius 3 is 2.60 bits per heavy atom. The maximum Gasteiger partial charge on any atom is 0.272 e. The number of pyridine rings is 2. The predicted octanol–water partition coefficient (Wildman–Crippen LogP) is 6.11. The first-order valence-electron chi connectivity index (χ1n) is 15.0. The molecular formula is C33H42N6O2Si. The summed E-state index contributed by atoms with van der Waals surface area (Å²) in [5.74, 6) is 0.668. The number of fused-ring (bicyclic) bond motifs is 3. The molecule has 0 fully saturated rings. The zero-order chi connectivity index (χ0) is 29.6. The van der Waals surface area contributed by atoms with Crippen molar-refractivity contribution in [3.05, 3.63) is 82.8 Å². The number of anilines is 1. The average molecular weight is 583 g/mol. The molecule has 0 saturated heterocycles. The maximum absolute atomic E-state index is 13.4. The smallest absolute Gasteiger partial charge is 0.272 e. The molecule has 1 N–H and O–H groups in total. The first-order chi connectivity index (χ1) is 20.0. The number of carbonyl (C=O) groups is 1. The summed E-state index contributed by atoms with van der Waals surface area (Å²) >= 11 is 0. The molecule has 8 nitrogen and oxygen atoms in total. The van der Waals surface area contributed by atoms with Gasteiger partial charge in [0.25, 0.3) is 5.91 Å². The Hall–Kier alpha value is -3.53. The third-order valence-corrected chi connectivity index (χ3v) is 13.8. The van der Waals surface area contributed by atoms with E-state index >= 15 is 0 Å². The maximum atomic E-state index is 13.4. The number of aromatic nitrogens is 3. The molecule has 0 saturated carbocycles. The number of benzene rings is 1. The molecule has 6 rings (SSSR count). The van der Waals surface area contributed by atoms with E-state index < -0.39 is 8.32 Å². The molecule has 1 amide bonds. The lowest BCUT2D eigenvalue weighted by molar-refractivity contribution is 0.0814. The van der Waals surface area contributed by atoms with Crippen LogP contribution in [0.3, 0.4) is 0 Å². The van der Waals surface area contributed by atoms with Gasteiger partial charge in [0.15, 0.2) is 8.32 Å². The van der Waals surface area contributed by atoms with Gasteiger partial charge in [0.1, 0.15) is 5.82 Å². The van der Waals surface area contributed by atoms with Crippen molar-refractivity contribution in [2.45, 2.75) is 65.2 Å². The molecule has 220 valence electrons. The van der Waals surface area contributed by atoms with E-state index in [4.69, 9.17) is 9.41 Å². The van der Waals surface area contributed by atoms with Crippen LogP contribution in [0.5, 0.6) is 0 Å². The Bertz CT molecular complexity index is 1640. The van der Waals surface area contributed by atoms with Gasteiger partial charge in [-0.15, -0.1) is 0 Å². The van der Waals surface area contributed by atoms with Crippen LogP contribution in [0.4, 0.5) is 5.82 Å². The van der Waals surface area contributed by atoms with E-state index in [0.29, 0.717) is 12.4 Å². The Morgan fingerprint density at radius 2 is 1.79 bits per heavy atom. The Balaban J connectivity index is 1.13. The number of amides is 1. The van der Waals surface area contributed by atoms with Crippen LogP contribution in [0, 0.1) is 6.92 Å². The molecule has 0 spiro atoms. The topological polar surface area (TPSA) is 75.0 Å². The highest BCUT2D eigenvalue weighted by atomic mass is 28.4. The second kappa shape index (κ2) is 10.9. The summed E-state index contributed by atoms with van der Waals surface area (Å²) in [4.78, 5) is 20.9. The van der Waals surface area contributed by atoms with Gasteiger partial charge in [-0.3, -0.25) is 10.2 Å². The third kappa shape index (κ3) is 5.48. The zero-order valence-corrected chi connectivity index (χ0v) is 26.7. The zero-order valence-electron chi connectivity index (χ0n) is 25.7. The molecule has 4 aromatic rings. The highest BCUT2D eigenvalue weighted by molar-refractivity contribution is 6.74. The fraction of sp³-hybridized carbons (Fsp3) is 0.424. The van der Waals surface area contributed by atoms with Gasteiger partial charge in [-0.2, -0.15) is 5.10 Å². The molecule has 1 aromatic carbocycles. The minimum absolute atomic E-state index is 0.0381. The Kier molecular flexibility index (Phi) is 7.45. The SMILES string of the molecule is Cc1ccc2c(-c3cccc4c3CN(Nc3ccc5c(n3)CCN(CCO[Si](C)(C)C(C)(C)C)CC5)C4=O)cnn2c1. The van der Waals surface area contributed by atoms with Gasteiger partial charge in [-0.25, -0.2) is 14.5 Å². The predicted molar refractivity (Wildman–Crippen MR) is 170 cm³/mol. The number of nitrogens with one attached hydrogen (secondary N) is 1. The lowest BCUT2D eigenvalue weighted by Gasteiger charge is -2.36. The van der Waals surface area contributed by atoms with Crippen molar-refractivity contribution < 1.29 is 9.22 Å². The fourth-order valence-electron chi connectivity index (χ4n) is 5.67. The molecular weight excluding hydrogens is 540 g/mol. The molecule has 5 heterocycles. The third-order valence-electron chi connectivity index (χ3n) is 9.28. The Morgan fingerprint density at radius 1 is 1.00 bits per heavy atom. The van der Waals surface area contributed by atoms with Crippen LogP contribution >= 0.6 is 0 Å². The van der Waals surface area contributed by atoms with E-state index in [2.05, 4.69) is 80.5 Å². The van der Waals surface area contributed by atoms with Gasteiger partial charge in [0.05, 0.1) is 18.3 Å². The van der Waals surface area contributed by atoms with Crippen LogP contribution in [-0.4, -0.2) is 65.0 Å². The van der Waals surface area contributed by atoms with E-state index in [1.54, 1.807) is 5.01 Å². The monoisotopic (exact) mass is 582 g/mol. The molecule has 42 heavy (non-hydrogen) atoms. The standard InChI is InChI=1S/C33H42N6O2Si/c1-23-10-12-30-27(20-34-38(30)21-23)25-8-7-9-26-28(25)22-39(32(26)40)36-31-13-11-24-14-16-37(17-15-29(24)35-31)18-19-41-42(5,6)33(2,3)4/h7-13,20-21H,14-19,22H2,1-6H3,(H,35,36). The van der Waals surface area contributed by atoms with Crippen LogP contribution in [0.1, 0.15) is 53.5 Å². The van der Waals surface area contributed by atoms with Gasteiger partial charge >= 0.3 is 0 Å². The van der Waals surface area contributed by atoms with Crippen molar-refractivity contribution in [3.8, 4) is 11.1 Å². The highest BCUT2D eigenvalue weighted by Gasteiger charge is 2.37. The summed E-state index contributed by atoms with van der Waals surface area (Å²) in [5.41, 5.74) is 11.7. The highest BCUT2D eigenvalue weighted by Crippen LogP contribution is 2.37. The first kappa shape index (κ1) is 28.6. The van der Waals surface area contributed by atoms with Crippen molar-refractivity contribution in [3.63, 3.8) is 0 Å². The van der Waals surface area contributed by atoms with Crippen molar-refractivity contribution in [2.24, 2.45) is 0 Å². The molecule has 0 atom stereocenters. The molecule has 2 aliphatic heterocycles. The number of rotatable bonds is 7. The molecule has 0 bridgehead atoms. The quantitative estimate of drug-likeness (QED) is 0.265.